The summed E-state index contributed by atoms with van der Waals surface area (Å²) in [5.74, 6) is 0. The molecule has 4 nitrogen and oxygen atoms in total. The van der Waals surface area contributed by atoms with Gasteiger partial charge in [-0.05, 0) is 0 Å². The number of hydrogen-bond acceptors (Lipinski definition) is 0. The van der Waals surface area contributed by atoms with Gasteiger partial charge in [-0.3, -0.25) is 0 Å². The van der Waals surface area contributed by atoms with Gasteiger partial charge in [-0.1, -0.05) is 0 Å². The summed E-state index contributed by atoms with van der Waals surface area (Å²) in [6, 6.07) is 0. The zero-order valence-corrected chi connectivity index (χ0v) is 10.9. The molecule has 0 amide bonds. The van der Waals surface area contributed by atoms with Crippen LogP contribution in [0.5, 0.6) is 0 Å². The number of rotatable bonds is 0. The first kappa shape index (κ1) is 97.7. The molecule has 7 heteroatoms. The second-order valence-electron chi connectivity index (χ2n) is 0. The van der Waals surface area contributed by atoms with E-state index in [0.29, 0.717) is 0 Å². The van der Waals surface area contributed by atoms with Crippen LogP contribution >= 0.6 is 0 Å². The minimum atomic E-state index is 0. The molecule has 7 heavy (non-hydrogen) atoms. The van der Waals surface area contributed by atoms with Gasteiger partial charge in [0.1, 0.15) is 0 Å². The molecule has 0 aliphatic heterocycles. The molecule has 0 aliphatic rings. The predicted molar refractivity (Wildman–Crippen MR) is 22.4 cm³/mol. The van der Waals surface area contributed by atoms with Gasteiger partial charge in [0, 0.05) is 44.1 Å². The van der Waals surface area contributed by atoms with Gasteiger partial charge < -0.3 is 24.8 Å². The molecule has 0 fully saturated rings. The summed E-state index contributed by atoms with van der Waals surface area (Å²) in [6.07, 6.45) is 0. The minimum absolute atomic E-state index is 0. The van der Waals surface area contributed by atoms with Crippen LogP contribution in [0, 0.1) is 0 Å². The fourth-order valence-corrected chi connectivity index (χ4v) is 0. The zero-order chi connectivity index (χ0) is 0. The van der Waals surface area contributed by atoms with Crippen molar-refractivity contribution in [3.05, 3.63) is 0 Å². The first-order chi connectivity index (χ1) is 0. The van der Waals surface area contributed by atoms with Crippen LogP contribution in [0.2, 0.25) is 0 Å². The van der Waals surface area contributed by atoms with Gasteiger partial charge in [0.2, 0.25) is 0 Å². The molecular weight excluding hydrogens is 292 g/mol. The summed E-state index contributed by atoms with van der Waals surface area (Å²) in [5.41, 5.74) is 0. The Morgan fingerprint density at radius 2 is 0.714 bits per heavy atom. The Bertz CT molecular complexity index is 18.5. The van der Waals surface area contributed by atoms with Crippen molar-refractivity contribution in [3.63, 3.8) is 0 Å². The Balaban J connectivity index is 0. The van der Waals surface area contributed by atoms with Crippen LogP contribution in [-0.4, -0.2) is 67.4 Å². The molecule has 45 valence electrons. The molecule has 0 aromatic heterocycles. The molecule has 0 unspecified atom stereocenters. The maximum atomic E-state index is 0. The van der Waals surface area contributed by atoms with E-state index < -0.39 is 0 Å². The van der Waals surface area contributed by atoms with Gasteiger partial charge in [0.15, 0.2) is 0 Å². The molecule has 0 aromatic rings. The van der Waals surface area contributed by atoms with E-state index in [1.165, 1.54) is 0 Å². The molecule has 0 aromatic carbocycles. The Hall–Kier alpha value is 2.78. The van der Waals surface area contributed by atoms with Crippen LogP contribution in [-0.2, 0) is 44.1 Å². The second-order valence-corrected chi connectivity index (χ2v) is 0. The molecule has 0 atom stereocenters. The summed E-state index contributed by atoms with van der Waals surface area (Å²) in [6.45, 7) is 0. The zero-order valence-electron chi connectivity index (χ0n) is 5.65. The van der Waals surface area contributed by atoms with Crippen molar-refractivity contribution < 1.29 is 68.9 Å². The van der Waals surface area contributed by atoms with Crippen LogP contribution in [0.15, 0.2) is 0 Å². The quantitative estimate of drug-likeness (QED) is 0.412. The molecule has 0 heterocycles. The van der Waals surface area contributed by atoms with Gasteiger partial charge in [-0.15, -0.1) is 0 Å². The van der Waals surface area contributed by atoms with E-state index in [0.717, 1.165) is 0 Å². The van der Waals surface area contributed by atoms with Crippen molar-refractivity contribution in [1.82, 2.24) is 0 Å². The van der Waals surface area contributed by atoms with Crippen molar-refractivity contribution in [2.45, 2.75) is 0 Å². The largest absolute Gasteiger partial charge is 2.00 e. The first-order valence-corrected chi connectivity index (χ1v) is 0. The predicted octanol–water partition coefficient (Wildman–Crippen LogP) is -3.46. The molecule has 0 spiro atoms. The normalized spacial score (nSPS) is 0. The standard InChI is InChI=1S/Nb.4H2O.Sr.Ti.2H/h;4*1H2;;;;/q;;;;;+2;;2*-1. The molecule has 8 N–H and O–H groups in total. The van der Waals surface area contributed by atoms with E-state index in [4.69, 9.17) is 0 Å². The molecule has 0 aliphatic carbocycles. The van der Waals surface area contributed by atoms with Crippen molar-refractivity contribution in [3.8, 4) is 0 Å². The van der Waals surface area contributed by atoms with Gasteiger partial charge in [-0.25, -0.2) is 0 Å². The Kier molecular flexibility index (Phi) is 962. The number of hydrogen-bond donors (Lipinski definition) is 0. The topological polar surface area (TPSA) is 126 Å². The van der Waals surface area contributed by atoms with E-state index in [1.54, 1.807) is 0 Å². The Morgan fingerprint density at radius 1 is 0.714 bits per heavy atom. The second kappa shape index (κ2) is 68.9. The van der Waals surface area contributed by atoms with Crippen molar-refractivity contribution >= 4 is 45.5 Å². The maximum absolute atomic E-state index is 0. The van der Waals surface area contributed by atoms with Crippen LogP contribution in [0.1, 0.15) is 2.85 Å². The fourth-order valence-electron chi connectivity index (χ4n) is 0. The third-order valence-corrected chi connectivity index (χ3v) is 0. The van der Waals surface area contributed by atoms with E-state index in [1.807, 2.05) is 0 Å². The van der Waals surface area contributed by atoms with Crippen LogP contribution in [0.3, 0.4) is 0 Å². The molecular formula is H10NbO4SrTi. The summed E-state index contributed by atoms with van der Waals surface area (Å²) >= 11 is 0. The molecule has 0 bridgehead atoms. The molecule has 0 saturated heterocycles. The van der Waals surface area contributed by atoms with E-state index in [9.17, 15) is 0 Å². The van der Waals surface area contributed by atoms with Crippen LogP contribution < -0.4 is 0 Å². The third kappa shape index (κ3) is 52.3. The minimum Gasteiger partial charge on any atom is -1.00 e. The Labute approximate surface area is 112 Å². The SMILES string of the molecule is O.O.O.O.[H-].[H-].[Nb].[Sr+2].[Ti]. The van der Waals surface area contributed by atoms with E-state index in [2.05, 4.69) is 0 Å². The van der Waals surface area contributed by atoms with Gasteiger partial charge >= 0.3 is 45.5 Å². The van der Waals surface area contributed by atoms with E-state index in [-0.39, 0.29) is 114 Å². The third-order valence-electron chi connectivity index (χ3n) is 0. The maximum Gasteiger partial charge on any atom is 2.00 e. The van der Waals surface area contributed by atoms with E-state index >= 15 is 0 Å². The van der Waals surface area contributed by atoms with Gasteiger partial charge in [0.05, 0.1) is 0 Å². The molecule has 0 rings (SSSR count). The first-order valence-electron chi connectivity index (χ1n) is 0. The monoisotopic (exact) mass is 303 g/mol. The fraction of sp³-hybridized carbons (Fsp3) is 0. The summed E-state index contributed by atoms with van der Waals surface area (Å²) in [7, 11) is 0. The van der Waals surface area contributed by atoms with Crippen LogP contribution in [0.25, 0.3) is 0 Å². The Morgan fingerprint density at radius 3 is 0.714 bits per heavy atom. The summed E-state index contributed by atoms with van der Waals surface area (Å²) in [4.78, 5) is 0. The summed E-state index contributed by atoms with van der Waals surface area (Å²) in [5, 5.41) is 0. The van der Waals surface area contributed by atoms with Gasteiger partial charge in [-0.2, -0.15) is 0 Å². The smallest absolute Gasteiger partial charge is 1.00 e. The average Bonchev–Trinajstić information content (AvgIpc) is 0. The van der Waals surface area contributed by atoms with Gasteiger partial charge in [0.25, 0.3) is 0 Å². The van der Waals surface area contributed by atoms with Crippen molar-refractivity contribution in [2.75, 3.05) is 0 Å². The van der Waals surface area contributed by atoms with Crippen LogP contribution in [0.4, 0.5) is 0 Å². The average molecular weight is 302 g/mol. The molecule has 0 saturated carbocycles. The summed E-state index contributed by atoms with van der Waals surface area (Å²) < 4.78 is 0. The van der Waals surface area contributed by atoms with Crippen molar-refractivity contribution in [1.29, 1.82) is 0 Å². The van der Waals surface area contributed by atoms with Crippen molar-refractivity contribution in [2.24, 2.45) is 0 Å². The molecule has 1 radical (unpaired) electrons.